The van der Waals surface area contributed by atoms with Gasteiger partial charge in [0.15, 0.2) is 16.6 Å². The molecule has 2 aromatic carbocycles. The molecule has 0 bridgehead atoms. The third-order valence-corrected chi connectivity index (χ3v) is 3.37. The van der Waals surface area contributed by atoms with Gasteiger partial charge in [-0.05, 0) is 36.3 Å². The van der Waals surface area contributed by atoms with Crippen LogP contribution in [0.5, 0.6) is 11.5 Å². The number of fused-ring (bicyclic) bond motifs is 1. The number of rotatable bonds is 4. The molecule has 0 saturated carbocycles. The van der Waals surface area contributed by atoms with Gasteiger partial charge in [0, 0.05) is 6.54 Å². The molecule has 21 heavy (non-hydrogen) atoms. The molecule has 3 rings (SSSR count). The number of benzene rings is 2. The Bertz CT molecular complexity index is 594. The topological polar surface area (TPSA) is 42.5 Å². The van der Waals surface area contributed by atoms with Crippen LogP contribution >= 0.6 is 12.2 Å². The third kappa shape index (κ3) is 3.64. The molecule has 2 aromatic rings. The summed E-state index contributed by atoms with van der Waals surface area (Å²) in [6.45, 7) is 0.759. The standard InChI is InChI=1S/C16H16N2O2S/c21-15(17-11-10-12-6-2-1-3-7-12)18-16-19-13-8-4-5-9-14(13)20-16/h1-9,16H,10-11H2,(H2,17,18,21). The van der Waals surface area contributed by atoms with Gasteiger partial charge in [-0.2, -0.15) is 0 Å². The van der Waals surface area contributed by atoms with E-state index < -0.39 is 6.41 Å². The van der Waals surface area contributed by atoms with Gasteiger partial charge in [-0.1, -0.05) is 42.5 Å². The van der Waals surface area contributed by atoms with E-state index in [9.17, 15) is 0 Å². The molecule has 0 radical (unpaired) electrons. The molecule has 5 heteroatoms. The van der Waals surface area contributed by atoms with Crippen LogP contribution in [-0.2, 0) is 6.42 Å². The van der Waals surface area contributed by atoms with E-state index in [2.05, 4.69) is 22.8 Å². The minimum Gasteiger partial charge on any atom is -0.433 e. The molecule has 0 atom stereocenters. The molecular formula is C16H16N2O2S. The predicted molar refractivity (Wildman–Crippen MR) is 85.4 cm³/mol. The highest BCUT2D eigenvalue weighted by molar-refractivity contribution is 7.80. The Morgan fingerprint density at radius 2 is 1.57 bits per heavy atom. The van der Waals surface area contributed by atoms with Crippen molar-refractivity contribution in [3.8, 4) is 11.5 Å². The predicted octanol–water partition coefficient (Wildman–Crippen LogP) is 2.45. The van der Waals surface area contributed by atoms with E-state index in [4.69, 9.17) is 21.7 Å². The second-order valence-corrected chi connectivity index (χ2v) is 5.06. The lowest BCUT2D eigenvalue weighted by molar-refractivity contribution is 0.0361. The number of hydrogen-bond donors (Lipinski definition) is 2. The van der Waals surface area contributed by atoms with Gasteiger partial charge in [0.25, 0.3) is 0 Å². The molecule has 0 aliphatic carbocycles. The Morgan fingerprint density at radius 3 is 2.24 bits per heavy atom. The normalized spacial score (nSPS) is 13.0. The Balaban J connectivity index is 1.42. The molecule has 1 aliphatic rings. The molecule has 1 heterocycles. The number of hydrogen-bond acceptors (Lipinski definition) is 3. The first-order chi connectivity index (χ1) is 10.3. The minimum atomic E-state index is -0.570. The van der Waals surface area contributed by atoms with Crippen LogP contribution in [0.4, 0.5) is 0 Å². The first kappa shape index (κ1) is 13.7. The summed E-state index contributed by atoms with van der Waals surface area (Å²) in [5.41, 5.74) is 1.27. The van der Waals surface area contributed by atoms with Crippen LogP contribution in [-0.4, -0.2) is 18.1 Å². The zero-order chi connectivity index (χ0) is 14.5. The average molecular weight is 300 g/mol. The molecular weight excluding hydrogens is 284 g/mol. The lowest BCUT2D eigenvalue weighted by Gasteiger charge is -2.15. The summed E-state index contributed by atoms with van der Waals surface area (Å²) in [4.78, 5) is 0. The molecule has 2 N–H and O–H groups in total. The summed E-state index contributed by atoms with van der Waals surface area (Å²) in [5, 5.41) is 6.65. The van der Waals surface area contributed by atoms with E-state index in [0.29, 0.717) is 5.11 Å². The fraction of sp³-hybridized carbons (Fsp3) is 0.188. The van der Waals surface area contributed by atoms with Gasteiger partial charge in [0.1, 0.15) is 0 Å². The van der Waals surface area contributed by atoms with E-state index in [-0.39, 0.29) is 0 Å². The SMILES string of the molecule is S=C(NCCc1ccccc1)NC1Oc2ccccc2O1. The van der Waals surface area contributed by atoms with Crippen LogP contribution in [0.1, 0.15) is 5.56 Å². The zero-order valence-corrected chi connectivity index (χ0v) is 12.2. The van der Waals surface area contributed by atoms with Gasteiger partial charge >= 0.3 is 6.41 Å². The van der Waals surface area contributed by atoms with Crippen LogP contribution in [0.15, 0.2) is 54.6 Å². The average Bonchev–Trinajstić information content (AvgIpc) is 2.90. The monoisotopic (exact) mass is 300 g/mol. The van der Waals surface area contributed by atoms with Crippen molar-refractivity contribution in [3.63, 3.8) is 0 Å². The quantitative estimate of drug-likeness (QED) is 0.849. The summed E-state index contributed by atoms with van der Waals surface area (Å²) in [7, 11) is 0. The Labute approximate surface area is 129 Å². The van der Waals surface area contributed by atoms with Gasteiger partial charge in [0.2, 0.25) is 0 Å². The van der Waals surface area contributed by atoms with Crippen LogP contribution in [0.2, 0.25) is 0 Å². The first-order valence-electron chi connectivity index (χ1n) is 6.82. The maximum absolute atomic E-state index is 5.58. The highest BCUT2D eigenvalue weighted by atomic mass is 32.1. The van der Waals surface area contributed by atoms with Gasteiger partial charge in [-0.25, -0.2) is 0 Å². The highest BCUT2D eigenvalue weighted by Gasteiger charge is 2.23. The van der Waals surface area contributed by atoms with Crippen molar-refractivity contribution in [1.29, 1.82) is 0 Å². The van der Waals surface area contributed by atoms with Gasteiger partial charge < -0.3 is 14.8 Å². The molecule has 0 fully saturated rings. The third-order valence-electron chi connectivity index (χ3n) is 3.11. The highest BCUT2D eigenvalue weighted by Crippen LogP contribution is 2.32. The fourth-order valence-corrected chi connectivity index (χ4v) is 2.28. The van der Waals surface area contributed by atoms with Crippen molar-refractivity contribution in [3.05, 3.63) is 60.2 Å². The number of nitrogens with one attached hydrogen (secondary N) is 2. The molecule has 0 spiro atoms. The molecule has 0 unspecified atom stereocenters. The zero-order valence-electron chi connectivity index (χ0n) is 11.4. The Hall–Kier alpha value is -2.27. The maximum atomic E-state index is 5.58. The van der Waals surface area contributed by atoms with Crippen molar-refractivity contribution in [1.82, 2.24) is 10.6 Å². The molecule has 4 nitrogen and oxygen atoms in total. The molecule has 0 saturated heterocycles. The Kier molecular flexibility index (Phi) is 4.21. The van der Waals surface area contributed by atoms with Gasteiger partial charge in [-0.15, -0.1) is 0 Å². The lowest BCUT2D eigenvalue weighted by Crippen LogP contribution is -2.46. The van der Waals surface area contributed by atoms with Gasteiger partial charge in [-0.3, -0.25) is 5.32 Å². The molecule has 0 amide bonds. The maximum Gasteiger partial charge on any atom is 0.326 e. The minimum absolute atomic E-state index is 0.517. The van der Waals surface area contributed by atoms with Crippen molar-refractivity contribution >= 4 is 17.3 Å². The van der Waals surface area contributed by atoms with E-state index in [0.717, 1.165) is 24.5 Å². The number of ether oxygens (including phenoxy) is 2. The summed E-state index contributed by atoms with van der Waals surface area (Å²) in [5.74, 6) is 1.45. The molecule has 108 valence electrons. The van der Waals surface area contributed by atoms with Gasteiger partial charge in [0.05, 0.1) is 0 Å². The molecule has 0 aromatic heterocycles. The van der Waals surface area contributed by atoms with E-state index in [1.165, 1.54) is 5.56 Å². The number of para-hydroxylation sites is 2. The largest absolute Gasteiger partial charge is 0.433 e. The van der Waals surface area contributed by atoms with Crippen molar-refractivity contribution in [2.75, 3.05) is 6.54 Å². The van der Waals surface area contributed by atoms with Crippen molar-refractivity contribution in [2.24, 2.45) is 0 Å². The second kappa shape index (κ2) is 6.45. The number of thiocarbonyl (C=S) groups is 1. The van der Waals surface area contributed by atoms with Crippen LogP contribution in [0.25, 0.3) is 0 Å². The summed E-state index contributed by atoms with van der Waals surface area (Å²) >= 11 is 5.23. The summed E-state index contributed by atoms with van der Waals surface area (Å²) < 4.78 is 11.2. The second-order valence-electron chi connectivity index (χ2n) is 4.65. The van der Waals surface area contributed by atoms with Crippen LogP contribution in [0, 0.1) is 0 Å². The summed E-state index contributed by atoms with van der Waals surface area (Å²) in [6, 6.07) is 17.8. The Morgan fingerprint density at radius 1 is 0.952 bits per heavy atom. The van der Waals surface area contributed by atoms with Crippen LogP contribution in [0.3, 0.4) is 0 Å². The van der Waals surface area contributed by atoms with Crippen LogP contribution < -0.4 is 20.1 Å². The first-order valence-corrected chi connectivity index (χ1v) is 7.23. The summed E-state index contributed by atoms with van der Waals surface area (Å²) in [6.07, 6.45) is 0.342. The van der Waals surface area contributed by atoms with E-state index >= 15 is 0 Å². The smallest absolute Gasteiger partial charge is 0.326 e. The fourth-order valence-electron chi connectivity index (χ4n) is 2.08. The van der Waals surface area contributed by atoms with Crippen molar-refractivity contribution in [2.45, 2.75) is 12.8 Å². The molecule has 1 aliphatic heterocycles. The van der Waals surface area contributed by atoms with E-state index in [1.54, 1.807) is 0 Å². The lowest BCUT2D eigenvalue weighted by atomic mass is 10.1. The van der Waals surface area contributed by atoms with E-state index in [1.807, 2.05) is 42.5 Å². The van der Waals surface area contributed by atoms with Crippen molar-refractivity contribution < 1.29 is 9.47 Å².